The average Bonchev–Trinajstić information content (AvgIpc) is 2.73. The van der Waals surface area contributed by atoms with E-state index < -0.39 is 18.0 Å². The summed E-state index contributed by atoms with van der Waals surface area (Å²) in [5.41, 5.74) is 0.962. The summed E-state index contributed by atoms with van der Waals surface area (Å²) in [7, 11) is 1.58. The first-order valence-corrected chi connectivity index (χ1v) is 7.19. The summed E-state index contributed by atoms with van der Waals surface area (Å²) < 4.78 is 0.972. The Morgan fingerprint density at radius 1 is 1.58 bits per heavy atom. The van der Waals surface area contributed by atoms with Gasteiger partial charge >= 0.3 is 12.0 Å². The molecule has 6 nitrogen and oxygen atoms in total. The van der Waals surface area contributed by atoms with Crippen molar-refractivity contribution in [2.24, 2.45) is 0 Å². The van der Waals surface area contributed by atoms with Gasteiger partial charge in [0.1, 0.15) is 6.04 Å². The molecule has 0 radical (unpaired) electrons. The highest BCUT2D eigenvalue weighted by atomic mass is 79.9. The van der Waals surface area contributed by atoms with Crippen LogP contribution >= 0.6 is 27.3 Å². The number of carboxylic acids is 1. The topological polar surface area (TPSA) is 89.9 Å². The molecule has 0 aliphatic carbocycles. The number of halogens is 1. The van der Waals surface area contributed by atoms with E-state index in [1.54, 1.807) is 7.05 Å². The quantitative estimate of drug-likeness (QED) is 0.724. The van der Waals surface area contributed by atoms with Gasteiger partial charge in [-0.25, -0.2) is 9.59 Å². The van der Waals surface area contributed by atoms with Crippen LogP contribution in [-0.4, -0.2) is 46.8 Å². The van der Waals surface area contributed by atoms with Crippen molar-refractivity contribution < 1.29 is 19.8 Å². The average molecular weight is 351 g/mol. The van der Waals surface area contributed by atoms with Gasteiger partial charge in [0.25, 0.3) is 0 Å². The Morgan fingerprint density at radius 2 is 2.26 bits per heavy atom. The zero-order valence-corrected chi connectivity index (χ0v) is 12.7. The normalized spacial score (nSPS) is 11.9. The Bertz CT molecular complexity index is 452. The SMILES string of the molecule is CN(Cc1csc(Br)c1)C(=O)N[C@@H](CCO)C(=O)O. The van der Waals surface area contributed by atoms with Crippen molar-refractivity contribution in [3.63, 3.8) is 0 Å². The zero-order chi connectivity index (χ0) is 14.4. The van der Waals surface area contributed by atoms with Crippen LogP contribution in [0.2, 0.25) is 0 Å². The van der Waals surface area contributed by atoms with E-state index in [9.17, 15) is 9.59 Å². The van der Waals surface area contributed by atoms with Crippen LogP contribution in [-0.2, 0) is 11.3 Å². The third-order valence-electron chi connectivity index (χ3n) is 2.40. The van der Waals surface area contributed by atoms with E-state index in [0.29, 0.717) is 6.54 Å². The second kappa shape index (κ2) is 7.46. The molecule has 0 spiro atoms. The van der Waals surface area contributed by atoms with E-state index >= 15 is 0 Å². The molecule has 1 atom stereocenters. The van der Waals surface area contributed by atoms with E-state index in [0.717, 1.165) is 9.35 Å². The minimum absolute atomic E-state index is 0.0150. The number of aliphatic hydroxyl groups excluding tert-OH is 1. The highest BCUT2D eigenvalue weighted by molar-refractivity contribution is 9.11. The lowest BCUT2D eigenvalue weighted by Gasteiger charge is -2.20. The van der Waals surface area contributed by atoms with Gasteiger partial charge in [-0.05, 0) is 32.9 Å². The van der Waals surface area contributed by atoms with Gasteiger partial charge in [0.15, 0.2) is 0 Å². The Morgan fingerprint density at radius 3 is 2.74 bits per heavy atom. The molecule has 0 aromatic carbocycles. The largest absolute Gasteiger partial charge is 0.480 e. The van der Waals surface area contributed by atoms with Crippen LogP contribution in [0.3, 0.4) is 0 Å². The summed E-state index contributed by atoms with van der Waals surface area (Å²) in [6.45, 7) is 0.0951. The fraction of sp³-hybridized carbons (Fsp3) is 0.455. The second-order valence-corrected chi connectivity index (χ2v) is 6.26. The standard InChI is InChI=1S/C11H15BrN2O4S/c1-14(5-7-4-9(12)19-6-7)11(18)13-8(2-3-15)10(16)17/h4,6,8,15H,2-3,5H2,1H3,(H,13,18)(H,16,17)/t8-/m0/s1. The number of carboxylic acid groups (broad SMARTS) is 1. The number of nitrogens with one attached hydrogen (secondary N) is 1. The maximum absolute atomic E-state index is 11.8. The van der Waals surface area contributed by atoms with Gasteiger partial charge in [-0.3, -0.25) is 0 Å². The van der Waals surface area contributed by atoms with Gasteiger partial charge in [-0.1, -0.05) is 0 Å². The first kappa shape index (κ1) is 15.9. The maximum atomic E-state index is 11.8. The van der Waals surface area contributed by atoms with Crippen LogP contribution in [0.5, 0.6) is 0 Å². The molecule has 0 aliphatic rings. The van der Waals surface area contributed by atoms with Crippen molar-refractivity contribution in [2.75, 3.05) is 13.7 Å². The van der Waals surface area contributed by atoms with Gasteiger partial charge in [0, 0.05) is 26.6 Å². The Hall–Kier alpha value is -1.12. The van der Waals surface area contributed by atoms with Crippen molar-refractivity contribution in [3.8, 4) is 0 Å². The van der Waals surface area contributed by atoms with Crippen molar-refractivity contribution in [1.82, 2.24) is 10.2 Å². The van der Waals surface area contributed by atoms with E-state index in [1.807, 2.05) is 11.4 Å². The summed E-state index contributed by atoms with van der Waals surface area (Å²) in [6.07, 6.45) is -0.0150. The number of thiophene rings is 1. The summed E-state index contributed by atoms with van der Waals surface area (Å²) in [4.78, 5) is 24.1. The minimum atomic E-state index is -1.16. The number of carbonyl (C=O) groups excluding carboxylic acids is 1. The molecule has 1 heterocycles. The molecule has 106 valence electrons. The summed E-state index contributed by atoms with van der Waals surface area (Å²) >= 11 is 4.85. The molecule has 0 aliphatic heterocycles. The van der Waals surface area contributed by atoms with Crippen LogP contribution in [0, 0.1) is 0 Å². The molecule has 1 aromatic rings. The van der Waals surface area contributed by atoms with Crippen LogP contribution < -0.4 is 5.32 Å². The number of hydrogen-bond donors (Lipinski definition) is 3. The zero-order valence-electron chi connectivity index (χ0n) is 10.3. The van der Waals surface area contributed by atoms with Crippen LogP contribution in [0.25, 0.3) is 0 Å². The molecule has 0 bridgehead atoms. The molecular weight excluding hydrogens is 336 g/mol. The highest BCUT2D eigenvalue weighted by Gasteiger charge is 2.21. The summed E-state index contributed by atoms with van der Waals surface area (Å²) in [5.74, 6) is -1.16. The number of aliphatic hydroxyl groups is 1. The summed E-state index contributed by atoms with van der Waals surface area (Å²) in [5, 5.41) is 21.9. The Balaban J connectivity index is 2.54. The van der Waals surface area contributed by atoms with Crippen LogP contribution in [0.15, 0.2) is 15.2 Å². The molecule has 2 amide bonds. The lowest BCUT2D eigenvalue weighted by molar-refractivity contribution is -0.139. The van der Waals surface area contributed by atoms with Gasteiger partial charge in [-0.2, -0.15) is 0 Å². The predicted molar refractivity (Wildman–Crippen MR) is 75.1 cm³/mol. The first-order valence-electron chi connectivity index (χ1n) is 5.52. The van der Waals surface area contributed by atoms with Crippen molar-refractivity contribution in [1.29, 1.82) is 0 Å². The van der Waals surface area contributed by atoms with Crippen LogP contribution in [0.1, 0.15) is 12.0 Å². The van der Waals surface area contributed by atoms with Gasteiger partial charge < -0.3 is 20.4 Å². The fourth-order valence-electron chi connectivity index (χ4n) is 1.42. The summed E-state index contributed by atoms with van der Waals surface area (Å²) in [6, 6.07) is 0.342. The Kier molecular flexibility index (Phi) is 6.26. The van der Waals surface area contributed by atoms with Gasteiger partial charge in [0.05, 0.1) is 3.79 Å². The third kappa shape index (κ3) is 5.17. The second-order valence-electron chi connectivity index (χ2n) is 3.97. The Labute approximate surface area is 123 Å². The molecular formula is C11H15BrN2O4S. The highest BCUT2D eigenvalue weighted by Crippen LogP contribution is 2.21. The molecule has 0 saturated carbocycles. The van der Waals surface area contributed by atoms with E-state index in [4.69, 9.17) is 10.2 Å². The van der Waals surface area contributed by atoms with E-state index in [-0.39, 0.29) is 13.0 Å². The van der Waals surface area contributed by atoms with Gasteiger partial charge in [-0.15, -0.1) is 11.3 Å². The van der Waals surface area contributed by atoms with Crippen LogP contribution in [0.4, 0.5) is 4.79 Å². The predicted octanol–water partition coefficient (Wildman–Crippen LogP) is 1.49. The number of hydrogen-bond acceptors (Lipinski definition) is 4. The minimum Gasteiger partial charge on any atom is -0.480 e. The van der Waals surface area contributed by atoms with E-state index in [2.05, 4.69) is 21.2 Å². The van der Waals surface area contributed by atoms with Crippen molar-refractivity contribution in [3.05, 3.63) is 20.8 Å². The van der Waals surface area contributed by atoms with E-state index in [1.165, 1.54) is 16.2 Å². The monoisotopic (exact) mass is 350 g/mol. The number of rotatable bonds is 6. The number of amides is 2. The molecule has 1 aromatic heterocycles. The first-order chi connectivity index (χ1) is 8.93. The molecule has 0 fully saturated rings. The number of aliphatic carboxylic acids is 1. The lowest BCUT2D eigenvalue weighted by Crippen LogP contribution is -2.46. The number of nitrogens with zero attached hydrogens (tertiary/aromatic N) is 1. The fourth-order valence-corrected chi connectivity index (χ4v) is 2.62. The molecule has 19 heavy (non-hydrogen) atoms. The third-order valence-corrected chi connectivity index (χ3v) is 3.96. The molecule has 1 rings (SSSR count). The molecule has 0 saturated heterocycles. The number of carbonyl (C=O) groups is 2. The van der Waals surface area contributed by atoms with Gasteiger partial charge in [0.2, 0.25) is 0 Å². The molecule has 0 unspecified atom stereocenters. The lowest BCUT2D eigenvalue weighted by atomic mass is 10.2. The van der Waals surface area contributed by atoms with Crippen molar-refractivity contribution >= 4 is 39.3 Å². The molecule has 3 N–H and O–H groups in total. The smallest absolute Gasteiger partial charge is 0.326 e. The maximum Gasteiger partial charge on any atom is 0.326 e. The molecule has 8 heteroatoms. The van der Waals surface area contributed by atoms with Crippen molar-refractivity contribution in [2.45, 2.75) is 19.0 Å². The number of urea groups is 1.